The quantitative estimate of drug-likeness (QED) is 0.505. The monoisotopic (exact) mass is 503 g/mol. The fourth-order valence-electron chi connectivity index (χ4n) is 4.96. The molecule has 8 heteroatoms. The summed E-state index contributed by atoms with van der Waals surface area (Å²) in [7, 11) is 0. The molecule has 0 amide bonds. The fourth-order valence-corrected chi connectivity index (χ4v) is 5.14. The second kappa shape index (κ2) is 11.7. The van der Waals surface area contributed by atoms with E-state index in [-0.39, 0.29) is 12.0 Å². The number of benzene rings is 2. The molecular weight excluding hydrogens is 470 g/mol. The number of halogens is 1. The number of aliphatic hydroxyl groups is 2. The van der Waals surface area contributed by atoms with Crippen LogP contribution in [0.25, 0.3) is 0 Å². The third kappa shape index (κ3) is 6.54. The van der Waals surface area contributed by atoms with Crippen LogP contribution in [0.2, 0.25) is 5.02 Å². The van der Waals surface area contributed by atoms with Gasteiger partial charge in [0.2, 0.25) is 0 Å². The highest BCUT2D eigenvalue weighted by Crippen LogP contribution is 2.35. The molecule has 7 nitrogen and oxygen atoms in total. The maximum atomic E-state index is 11.2. The van der Waals surface area contributed by atoms with Gasteiger partial charge in [-0.25, -0.2) is 0 Å². The molecule has 190 valence electrons. The Bertz CT molecular complexity index is 992. The van der Waals surface area contributed by atoms with Gasteiger partial charge in [0.15, 0.2) is 0 Å². The van der Waals surface area contributed by atoms with Crippen molar-refractivity contribution in [1.29, 1.82) is 0 Å². The second-order valence-corrected chi connectivity index (χ2v) is 9.88. The standard InChI is InChI=1S/C27H34ClNO6/c1-2-34-21-6-3-17(4-7-21)13-20-14-19(5-8-22(20)28)24-15-23(30)26(31)25(35-24)16-29-11-9-18(10-12-29)27(32)33/h3-8,14,18,23-26,30-31H,2,9-13,15-16H2,1H3,(H,32,33)/t23-,24-,25-,26+/m1/s1. The number of carboxylic acids is 1. The molecule has 2 saturated heterocycles. The third-order valence-electron chi connectivity index (χ3n) is 7.02. The van der Waals surface area contributed by atoms with Crippen molar-refractivity contribution in [3.63, 3.8) is 0 Å². The van der Waals surface area contributed by atoms with Crippen molar-refractivity contribution < 1.29 is 29.6 Å². The van der Waals surface area contributed by atoms with Gasteiger partial charge in [0.1, 0.15) is 11.9 Å². The Kier molecular flexibility index (Phi) is 8.68. The van der Waals surface area contributed by atoms with Crippen molar-refractivity contribution in [2.75, 3.05) is 26.2 Å². The molecule has 2 aliphatic rings. The van der Waals surface area contributed by atoms with E-state index in [0.717, 1.165) is 22.4 Å². The van der Waals surface area contributed by atoms with Crippen molar-refractivity contribution in [3.05, 3.63) is 64.2 Å². The van der Waals surface area contributed by atoms with Gasteiger partial charge < -0.3 is 29.7 Å². The molecule has 0 aliphatic carbocycles. The summed E-state index contributed by atoms with van der Waals surface area (Å²) >= 11 is 6.51. The summed E-state index contributed by atoms with van der Waals surface area (Å²) in [5, 5.41) is 31.1. The molecule has 2 heterocycles. The number of aliphatic carboxylic acids is 1. The van der Waals surface area contributed by atoms with Crippen LogP contribution in [-0.2, 0) is 16.0 Å². The van der Waals surface area contributed by atoms with Crippen LogP contribution < -0.4 is 4.74 Å². The van der Waals surface area contributed by atoms with E-state index in [1.807, 2.05) is 49.4 Å². The Labute approximate surface area is 211 Å². The lowest BCUT2D eigenvalue weighted by molar-refractivity contribution is -0.177. The number of hydrogen-bond donors (Lipinski definition) is 3. The fraction of sp³-hybridized carbons (Fsp3) is 0.519. The summed E-state index contributed by atoms with van der Waals surface area (Å²) in [5.41, 5.74) is 2.98. The average molecular weight is 504 g/mol. The van der Waals surface area contributed by atoms with Crippen molar-refractivity contribution >= 4 is 17.6 Å². The number of ether oxygens (including phenoxy) is 2. The summed E-state index contributed by atoms with van der Waals surface area (Å²) in [5.74, 6) is -0.236. The largest absolute Gasteiger partial charge is 0.494 e. The molecule has 0 unspecified atom stereocenters. The molecule has 2 fully saturated rings. The molecule has 2 aromatic carbocycles. The number of rotatable bonds is 8. The van der Waals surface area contributed by atoms with Gasteiger partial charge in [-0.1, -0.05) is 35.9 Å². The molecule has 2 aromatic rings. The van der Waals surface area contributed by atoms with Crippen molar-refractivity contribution in [1.82, 2.24) is 4.90 Å². The summed E-state index contributed by atoms with van der Waals surface area (Å²) in [6, 6.07) is 13.7. The molecule has 35 heavy (non-hydrogen) atoms. The lowest BCUT2D eigenvalue weighted by atomic mass is 9.91. The van der Waals surface area contributed by atoms with Gasteiger partial charge >= 0.3 is 5.97 Å². The molecule has 4 atom stereocenters. The van der Waals surface area contributed by atoms with Crippen molar-refractivity contribution in [3.8, 4) is 5.75 Å². The van der Waals surface area contributed by atoms with Crippen LogP contribution in [0.15, 0.2) is 42.5 Å². The molecule has 0 bridgehead atoms. The number of aliphatic hydroxyl groups excluding tert-OH is 2. The normalized spacial score (nSPS) is 25.9. The number of nitrogens with zero attached hydrogens (tertiary/aromatic N) is 1. The van der Waals surface area contributed by atoms with Crippen molar-refractivity contribution in [2.45, 2.75) is 57.0 Å². The van der Waals surface area contributed by atoms with Crippen LogP contribution in [-0.4, -0.2) is 70.7 Å². The SMILES string of the molecule is CCOc1ccc(Cc2cc([C@H]3C[C@@H](O)[C@H](O)[C@@H](CN4CCC(C(=O)O)CC4)O3)ccc2Cl)cc1. The lowest BCUT2D eigenvalue weighted by Crippen LogP contribution is -2.52. The van der Waals surface area contributed by atoms with Gasteiger partial charge in [-0.05, 0) is 74.2 Å². The van der Waals surface area contributed by atoms with Gasteiger partial charge in [0.05, 0.1) is 30.8 Å². The third-order valence-corrected chi connectivity index (χ3v) is 7.38. The maximum Gasteiger partial charge on any atom is 0.306 e. The number of piperidine rings is 1. The number of carbonyl (C=O) groups is 1. The van der Waals surface area contributed by atoms with E-state index >= 15 is 0 Å². The van der Waals surface area contributed by atoms with Gasteiger partial charge in [-0.3, -0.25) is 4.79 Å². The summed E-state index contributed by atoms with van der Waals surface area (Å²) < 4.78 is 11.8. The average Bonchev–Trinajstić information content (AvgIpc) is 2.85. The summed E-state index contributed by atoms with van der Waals surface area (Å²) in [6.07, 6.45) is -0.713. The zero-order valence-electron chi connectivity index (χ0n) is 20.0. The van der Waals surface area contributed by atoms with E-state index in [1.165, 1.54) is 0 Å². The van der Waals surface area contributed by atoms with E-state index in [4.69, 9.17) is 21.1 Å². The highest BCUT2D eigenvalue weighted by atomic mass is 35.5. The Hall–Kier alpha value is -2.16. The van der Waals surface area contributed by atoms with E-state index < -0.39 is 24.3 Å². The first kappa shape index (κ1) is 25.9. The summed E-state index contributed by atoms with van der Waals surface area (Å²) in [4.78, 5) is 13.3. The minimum Gasteiger partial charge on any atom is -0.494 e. The molecular formula is C27H34ClNO6. The van der Waals surface area contributed by atoms with Crippen LogP contribution >= 0.6 is 11.6 Å². The highest BCUT2D eigenvalue weighted by Gasteiger charge is 2.39. The predicted octanol–water partition coefficient (Wildman–Crippen LogP) is 3.68. The number of likely N-dealkylation sites (tertiary alicyclic amines) is 1. The van der Waals surface area contributed by atoms with Crippen LogP contribution in [0, 0.1) is 5.92 Å². The van der Waals surface area contributed by atoms with E-state index in [9.17, 15) is 20.1 Å². The molecule has 0 aromatic heterocycles. The van der Waals surface area contributed by atoms with E-state index in [0.29, 0.717) is 56.9 Å². The van der Waals surface area contributed by atoms with Gasteiger partial charge in [-0.2, -0.15) is 0 Å². The maximum absolute atomic E-state index is 11.2. The molecule has 3 N–H and O–H groups in total. The van der Waals surface area contributed by atoms with Gasteiger partial charge in [-0.15, -0.1) is 0 Å². The predicted molar refractivity (Wildman–Crippen MR) is 133 cm³/mol. The molecule has 0 saturated carbocycles. The lowest BCUT2D eigenvalue weighted by Gasteiger charge is -2.41. The smallest absolute Gasteiger partial charge is 0.306 e. The number of carboxylic acid groups (broad SMARTS) is 1. The zero-order valence-corrected chi connectivity index (χ0v) is 20.7. The van der Waals surface area contributed by atoms with Crippen LogP contribution in [0.3, 0.4) is 0 Å². The Morgan fingerprint density at radius 3 is 2.51 bits per heavy atom. The molecule has 2 aliphatic heterocycles. The minimum atomic E-state index is -0.987. The molecule has 0 spiro atoms. The first-order valence-electron chi connectivity index (χ1n) is 12.3. The zero-order chi connectivity index (χ0) is 24.9. The first-order valence-corrected chi connectivity index (χ1v) is 12.7. The van der Waals surface area contributed by atoms with Crippen molar-refractivity contribution in [2.24, 2.45) is 5.92 Å². The molecule has 0 radical (unpaired) electrons. The van der Waals surface area contributed by atoms with E-state index in [1.54, 1.807) is 0 Å². The van der Waals surface area contributed by atoms with Crippen LogP contribution in [0.5, 0.6) is 5.75 Å². The highest BCUT2D eigenvalue weighted by molar-refractivity contribution is 6.31. The Morgan fingerprint density at radius 1 is 1.14 bits per heavy atom. The topological polar surface area (TPSA) is 99.5 Å². The summed E-state index contributed by atoms with van der Waals surface area (Å²) in [6.45, 7) is 4.30. The molecule has 4 rings (SSSR count). The Balaban J connectivity index is 1.43. The minimum absolute atomic E-state index is 0.295. The van der Waals surface area contributed by atoms with Crippen LogP contribution in [0.1, 0.15) is 49.0 Å². The van der Waals surface area contributed by atoms with E-state index in [2.05, 4.69) is 4.90 Å². The van der Waals surface area contributed by atoms with Crippen LogP contribution in [0.4, 0.5) is 0 Å². The number of hydrogen-bond acceptors (Lipinski definition) is 6. The van der Waals surface area contributed by atoms with Gasteiger partial charge in [0, 0.05) is 18.0 Å². The van der Waals surface area contributed by atoms with Gasteiger partial charge in [0.25, 0.3) is 0 Å². The second-order valence-electron chi connectivity index (χ2n) is 9.47. The Morgan fingerprint density at radius 2 is 1.86 bits per heavy atom. The first-order chi connectivity index (χ1) is 16.8.